The topological polar surface area (TPSA) is 58.6 Å². The molecule has 2 amide bonds. The molecule has 1 aliphatic heterocycles. The van der Waals surface area contributed by atoms with Crippen LogP contribution in [0.15, 0.2) is 54.1 Å². The summed E-state index contributed by atoms with van der Waals surface area (Å²) in [6, 6.07) is 14.7. The van der Waals surface area contributed by atoms with Crippen LogP contribution in [0, 0.1) is 0 Å². The molecule has 1 saturated heterocycles. The van der Waals surface area contributed by atoms with Gasteiger partial charge in [0.15, 0.2) is 5.11 Å². The third-order valence-corrected chi connectivity index (χ3v) is 4.63. The molecule has 2 aromatic rings. The molecule has 5 nitrogen and oxygen atoms in total. The summed E-state index contributed by atoms with van der Waals surface area (Å²) in [5, 5.41) is 2.64. The fourth-order valence-corrected chi connectivity index (χ4v) is 3.05. The molecule has 0 atom stereocenters. The highest BCUT2D eigenvalue weighted by Crippen LogP contribution is 2.24. The largest absolute Gasteiger partial charge is 0.497 e. The third-order valence-electron chi connectivity index (χ3n) is 4.35. The zero-order valence-corrected chi connectivity index (χ0v) is 16.2. The van der Waals surface area contributed by atoms with Crippen LogP contribution in [0.3, 0.4) is 0 Å². The summed E-state index contributed by atoms with van der Waals surface area (Å²) in [6.45, 7) is 4.22. The summed E-state index contributed by atoms with van der Waals surface area (Å²) in [7, 11) is 1.57. The van der Waals surface area contributed by atoms with Gasteiger partial charge >= 0.3 is 0 Å². The van der Waals surface area contributed by atoms with Crippen LogP contribution in [-0.2, 0) is 9.59 Å². The number of hydrogen-bond donors (Lipinski definition) is 1. The molecular formula is C21H20N2O3S. The maximum Gasteiger partial charge on any atom is 0.270 e. The Hall–Kier alpha value is -2.99. The predicted molar refractivity (Wildman–Crippen MR) is 110 cm³/mol. The molecule has 1 aliphatic rings. The van der Waals surface area contributed by atoms with Gasteiger partial charge in [-0.25, -0.2) is 0 Å². The highest BCUT2D eigenvalue weighted by atomic mass is 32.1. The van der Waals surface area contributed by atoms with Crippen molar-refractivity contribution in [2.45, 2.75) is 19.8 Å². The standard InChI is InChI=1S/C21H20N2O3S/c1-13(2)15-6-4-14(5-7-15)12-18-19(24)22-21(27)23(20(18)25)16-8-10-17(26-3)11-9-16/h4-13H,1-3H3,(H,22,24,27). The minimum Gasteiger partial charge on any atom is -0.497 e. The molecule has 27 heavy (non-hydrogen) atoms. The minimum atomic E-state index is -0.498. The lowest BCUT2D eigenvalue weighted by molar-refractivity contribution is -0.122. The zero-order chi connectivity index (χ0) is 19.6. The average molecular weight is 380 g/mol. The number of thiocarbonyl (C=S) groups is 1. The predicted octanol–water partition coefficient (Wildman–Crippen LogP) is 3.65. The number of rotatable bonds is 4. The molecule has 0 unspecified atom stereocenters. The van der Waals surface area contributed by atoms with E-state index in [2.05, 4.69) is 19.2 Å². The molecule has 1 heterocycles. The SMILES string of the molecule is COc1ccc(N2C(=O)C(=Cc3ccc(C(C)C)cc3)C(=O)NC2=S)cc1. The van der Waals surface area contributed by atoms with E-state index in [-0.39, 0.29) is 10.7 Å². The molecule has 0 radical (unpaired) electrons. The Labute approximate surface area is 163 Å². The van der Waals surface area contributed by atoms with E-state index < -0.39 is 11.8 Å². The normalized spacial score (nSPS) is 16.1. The average Bonchev–Trinajstić information content (AvgIpc) is 2.66. The first-order chi connectivity index (χ1) is 12.9. The van der Waals surface area contributed by atoms with Crippen molar-refractivity contribution in [1.29, 1.82) is 0 Å². The number of hydrogen-bond acceptors (Lipinski definition) is 4. The van der Waals surface area contributed by atoms with Crippen LogP contribution in [0.25, 0.3) is 6.08 Å². The van der Waals surface area contributed by atoms with Crippen LogP contribution < -0.4 is 15.0 Å². The van der Waals surface area contributed by atoms with E-state index in [0.29, 0.717) is 17.4 Å². The van der Waals surface area contributed by atoms with E-state index >= 15 is 0 Å². The number of benzene rings is 2. The summed E-state index contributed by atoms with van der Waals surface area (Å²) in [4.78, 5) is 26.6. The van der Waals surface area contributed by atoms with Crippen molar-refractivity contribution in [1.82, 2.24) is 5.32 Å². The van der Waals surface area contributed by atoms with Gasteiger partial charge in [-0.3, -0.25) is 19.8 Å². The van der Waals surface area contributed by atoms with Gasteiger partial charge in [0.25, 0.3) is 11.8 Å². The van der Waals surface area contributed by atoms with Gasteiger partial charge in [-0.1, -0.05) is 38.1 Å². The number of carbonyl (C=O) groups is 2. The fraction of sp³-hybridized carbons (Fsp3) is 0.190. The second kappa shape index (κ2) is 7.72. The van der Waals surface area contributed by atoms with E-state index in [0.717, 1.165) is 5.56 Å². The van der Waals surface area contributed by atoms with E-state index in [1.165, 1.54) is 10.5 Å². The highest BCUT2D eigenvalue weighted by Gasteiger charge is 2.34. The first kappa shape index (κ1) is 18.8. The van der Waals surface area contributed by atoms with E-state index in [4.69, 9.17) is 17.0 Å². The summed E-state index contributed by atoms with van der Waals surface area (Å²) in [5.74, 6) is 0.123. The van der Waals surface area contributed by atoms with Crippen LogP contribution in [-0.4, -0.2) is 24.0 Å². The molecule has 6 heteroatoms. The lowest BCUT2D eigenvalue weighted by atomic mass is 10.0. The molecule has 138 valence electrons. The van der Waals surface area contributed by atoms with Crippen molar-refractivity contribution in [2.24, 2.45) is 0 Å². The van der Waals surface area contributed by atoms with Gasteiger partial charge in [-0.05, 0) is 59.6 Å². The summed E-state index contributed by atoms with van der Waals surface area (Å²) < 4.78 is 5.14. The molecule has 2 aromatic carbocycles. The first-order valence-corrected chi connectivity index (χ1v) is 8.97. The highest BCUT2D eigenvalue weighted by molar-refractivity contribution is 7.80. The number of nitrogens with zero attached hydrogens (tertiary/aromatic N) is 1. The van der Waals surface area contributed by atoms with Gasteiger partial charge in [-0.15, -0.1) is 0 Å². The van der Waals surface area contributed by atoms with Crippen molar-refractivity contribution >= 4 is 40.9 Å². The summed E-state index contributed by atoms with van der Waals surface area (Å²) in [6.07, 6.45) is 1.58. The van der Waals surface area contributed by atoms with Gasteiger partial charge < -0.3 is 4.74 Å². The molecule has 0 spiro atoms. The molecule has 0 aromatic heterocycles. The molecular weight excluding hydrogens is 360 g/mol. The minimum absolute atomic E-state index is 0.0386. The van der Waals surface area contributed by atoms with Crippen molar-refractivity contribution in [3.63, 3.8) is 0 Å². The monoisotopic (exact) mass is 380 g/mol. The second-order valence-corrected chi connectivity index (χ2v) is 6.86. The summed E-state index contributed by atoms with van der Waals surface area (Å²) >= 11 is 5.20. The summed E-state index contributed by atoms with van der Waals surface area (Å²) in [5.41, 5.74) is 2.57. The Kier molecular flexibility index (Phi) is 5.37. The van der Waals surface area contributed by atoms with Crippen LogP contribution >= 0.6 is 12.2 Å². The van der Waals surface area contributed by atoms with Crippen LogP contribution in [0.4, 0.5) is 5.69 Å². The smallest absolute Gasteiger partial charge is 0.270 e. The number of amides is 2. The fourth-order valence-electron chi connectivity index (χ4n) is 2.77. The molecule has 0 bridgehead atoms. The van der Waals surface area contributed by atoms with Gasteiger partial charge in [0.05, 0.1) is 12.8 Å². The number of nitrogens with one attached hydrogen (secondary N) is 1. The third kappa shape index (κ3) is 3.90. The first-order valence-electron chi connectivity index (χ1n) is 8.56. The van der Waals surface area contributed by atoms with E-state index in [1.54, 1.807) is 37.5 Å². The van der Waals surface area contributed by atoms with E-state index in [1.807, 2.05) is 24.3 Å². The molecule has 1 fully saturated rings. The van der Waals surface area contributed by atoms with Gasteiger partial charge in [0.1, 0.15) is 11.3 Å². The van der Waals surface area contributed by atoms with Crippen molar-refractivity contribution in [3.05, 3.63) is 65.2 Å². The number of ether oxygens (including phenoxy) is 1. The van der Waals surface area contributed by atoms with E-state index in [9.17, 15) is 9.59 Å². The lowest BCUT2D eigenvalue weighted by Gasteiger charge is -2.29. The Morgan fingerprint density at radius 1 is 1.04 bits per heavy atom. The Bertz CT molecular complexity index is 915. The Balaban J connectivity index is 1.93. The number of anilines is 1. The Morgan fingerprint density at radius 2 is 1.67 bits per heavy atom. The van der Waals surface area contributed by atoms with Crippen LogP contribution in [0.5, 0.6) is 5.75 Å². The van der Waals surface area contributed by atoms with Gasteiger partial charge in [0.2, 0.25) is 0 Å². The Morgan fingerprint density at radius 3 is 2.22 bits per heavy atom. The van der Waals surface area contributed by atoms with Gasteiger partial charge in [0, 0.05) is 0 Å². The molecule has 0 aliphatic carbocycles. The lowest BCUT2D eigenvalue weighted by Crippen LogP contribution is -2.54. The maximum absolute atomic E-state index is 13.0. The van der Waals surface area contributed by atoms with Crippen LogP contribution in [0.2, 0.25) is 0 Å². The van der Waals surface area contributed by atoms with Gasteiger partial charge in [-0.2, -0.15) is 0 Å². The molecule has 3 rings (SSSR count). The van der Waals surface area contributed by atoms with Crippen molar-refractivity contribution < 1.29 is 14.3 Å². The van der Waals surface area contributed by atoms with Crippen LogP contribution in [0.1, 0.15) is 30.9 Å². The molecule has 1 N–H and O–H groups in total. The van der Waals surface area contributed by atoms with Crippen molar-refractivity contribution in [3.8, 4) is 5.75 Å². The van der Waals surface area contributed by atoms with Crippen molar-refractivity contribution in [2.75, 3.05) is 12.0 Å². The quantitative estimate of drug-likeness (QED) is 0.500. The zero-order valence-electron chi connectivity index (χ0n) is 15.4. The second-order valence-electron chi connectivity index (χ2n) is 6.48. The molecule has 0 saturated carbocycles. The number of methoxy groups -OCH3 is 1. The number of carbonyl (C=O) groups excluding carboxylic acids is 2. The maximum atomic E-state index is 13.0.